The molecule has 1 aromatic carbocycles. The predicted molar refractivity (Wildman–Crippen MR) is 114 cm³/mol. The Morgan fingerprint density at radius 1 is 1.13 bits per heavy atom. The van der Waals surface area contributed by atoms with E-state index in [4.69, 9.17) is 22.6 Å². The van der Waals surface area contributed by atoms with E-state index in [0.717, 1.165) is 23.9 Å². The van der Waals surface area contributed by atoms with Crippen LogP contribution in [-0.2, 0) is 6.18 Å². The van der Waals surface area contributed by atoms with Crippen molar-refractivity contribution in [3.05, 3.63) is 53.5 Å². The molecule has 0 aliphatic carbocycles. The van der Waals surface area contributed by atoms with Gasteiger partial charge in [-0.1, -0.05) is 12.1 Å². The highest BCUT2D eigenvalue weighted by atomic mass is 19.4. The molecule has 1 saturated heterocycles. The Morgan fingerprint density at radius 2 is 1.77 bits per heavy atom. The van der Waals surface area contributed by atoms with Gasteiger partial charge in [-0.25, -0.2) is 9.97 Å². The molecule has 3 rings (SSSR count). The van der Waals surface area contributed by atoms with Crippen LogP contribution < -0.4 is 22.1 Å². The monoisotopic (exact) mass is 434 g/mol. The summed E-state index contributed by atoms with van der Waals surface area (Å²) in [4.78, 5) is 12.5. The van der Waals surface area contributed by atoms with Gasteiger partial charge in [-0.05, 0) is 17.7 Å². The quantitative estimate of drug-likeness (QED) is 0.510. The van der Waals surface area contributed by atoms with Gasteiger partial charge in [0, 0.05) is 56.8 Å². The number of nitrogens with two attached hydrogens (primary N) is 3. The summed E-state index contributed by atoms with van der Waals surface area (Å²) in [7, 11) is 0. The fraction of sp³-hybridized carbons (Fsp3) is 0.350. The summed E-state index contributed by atoms with van der Waals surface area (Å²) in [5, 5.41) is 7.57. The third kappa shape index (κ3) is 4.78. The molecule has 0 unspecified atom stereocenters. The molecule has 2 aromatic rings. The van der Waals surface area contributed by atoms with Crippen LogP contribution in [0.25, 0.3) is 5.57 Å². The first-order valence-corrected chi connectivity index (χ1v) is 9.69. The second-order valence-electron chi connectivity index (χ2n) is 7.12. The van der Waals surface area contributed by atoms with Crippen LogP contribution in [-0.4, -0.2) is 53.8 Å². The Hall–Kier alpha value is -3.18. The number of nitrogens with zero attached hydrogens (tertiary/aromatic N) is 4. The number of anilines is 2. The number of allylic oxidation sites excluding steroid dienone is 1. The maximum Gasteiger partial charge on any atom is 0.416 e. The number of nitrogen functional groups attached to an aromatic ring is 1. The molecule has 0 saturated carbocycles. The van der Waals surface area contributed by atoms with Crippen LogP contribution in [0.5, 0.6) is 0 Å². The van der Waals surface area contributed by atoms with E-state index in [1.54, 1.807) is 0 Å². The molecule has 2 heterocycles. The normalized spacial score (nSPS) is 16.9. The molecule has 1 aliphatic heterocycles. The molecule has 0 amide bonds. The highest BCUT2D eigenvalue weighted by Gasteiger charge is 2.31. The number of alkyl halides is 3. The smallest absolute Gasteiger partial charge is 0.404 e. The van der Waals surface area contributed by atoms with Gasteiger partial charge in [0.1, 0.15) is 18.0 Å². The number of nitrogens with one attached hydrogen (secondary N) is 1. The largest absolute Gasteiger partial charge is 0.416 e. The molecular weight excluding hydrogens is 409 g/mol. The van der Waals surface area contributed by atoms with Crippen LogP contribution in [0.1, 0.15) is 22.7 Å². The summed E-state index contributed by atoms with van der Waals surface area (Å²) in [5.74, 6) is 0.823. The van der Waals surface area contributed by atoms with Gasteiger partial charge in [-0.3, -0.25) is 4.90 Å². The van der Waals surface area contributed by atoms with E-state index >= 15 is 0 Å². The Bertz CT molecular complexity index is 934. The SMILES string of the molecule is N=C/C(=C\N)c1c(N)ncnc1N1CCN([C@H](CN)c2ccc(C(F)(F)F)cc2)CC1. The standard InChI is InChI=1S/C20H25F3N8/c21-20(22,23)15-3-1-13(2-4-15)16(11-26)30-5-7-31(8-6-30)19-17(14(9-24)10-25)18(27)28-12-29-19/h1-4,9-10,12,16,24H,5-8,11,25-26H2,(H2,27,28,29)/b14-10+,24-9?/t16-/m1/s1. The molecule has 1 aliphatic rings. The Kier molecular flexibility index (Phi) is 6.76. The lowest BCUT2D eigenvalue weighted by molar-refractivity contribution is -0.137. The molecule has 31 heavy (non-hydrogen) atoms. The topological polar surface area (TPSA) is 134 Å². The number of hydrogen-bond acceptors (Lipinski definition) is 8. The first kappa shape index (κ1) is 22.5. The lowest BCUT2D eigenvalue weighted by atomic mass is 10.0. The van der Waals surface area contributed by atoms with Gasteiger partial charge in [-0.2, -0.15) is 13.2 Å². The van der Waals surface area contributed by atoms with Crippen LogP contribution in [0.15, 0.2) is 36.8 Å². The molecule has 0 bridgehead atoms. The van der Waals surface area contributed by atoms with Crippen molar-refractivity contribution in [1.82, 2.24) is 14.9 Å². The van der Waals surface area contributed by atoms with E-state index in [1.165, 1.54) is 24.7 Å². The minimum Gasteiger partial charge on any atom is -0.404 e. The minimum atomic E-state index is -4.37. The van der Waals surface area contributed by atoms with Crippen molar-refractivity contribution in [2.45, 2.75) is 12.2 Å². The Balaban J connectivity index is 1.76. The molecule has 166 valence electrons. The summed E-state index contributed by atoms with van der Waals surface area (Å²) >= 11 is 0. The van der Waals surface area contributed by atoms with Crippen LogP contribution in [0.2, 0.25) is 0 Å². The first-order chi connectivity index (χ1) is 14.8. The zero-order valence-electron chi connectivity index (χ0n) is 16.8. The molecule has 11 heteroatoms. The Morgan fingerprint density at radius 3 is 2.29 bits per heavy atom. The van der Waals surface area contributed by atoms with Gasteiger partial charge in [0.2, 0.25) is 0 Å². The predicted octanol–water partition coefficient (Wildman–Crippen LogP) is 1.85. The summed E-state index contributed by atoms with van der Waals surface area (Å²) in [5.41, 5.74) is 18.6. The third-order valence-corrected chi connectivity index (χ3v) is 5.38. The van der Waals surface area contributed by atoms with E-state index < -0.39 is 11.7 Å². The number of benzene rings is 1. The molecule has 1 aromatic heterocycles. The van der Waals surface area contributed by atoms with E-state index in [1.807, 2.05) is 4.90 Å². The number of rotatable bonds is 6. The van der Waals surface area contributed by atoms with Crippen molar-refractivity contribution < 1.29 is 13.2 Å². The van der Waals surface area contributed by atoms with Crippen molar-refractivity contribution in [3.8, 4) is 0 Å². The van der Waals surface area contributed by atoms with Crippen molar-refractivity contribution in [2.75, 3.05) is 43.4 Å². The number of piperazine rings is 1. The van der Waals surface area contributed by atoms with Gasteiger partial charge < -0.3 is 27.5 Å². The summed E-state index contributed by atoms with van der Waals surface area (Å²) in [6.45, 7) is 2.72. The molecule has 7 N–H and O–H groups in total. The second-order valence-corrected chi connectivity index (χ2v) is 7.12. The molecule has 1 fully saturated rings. The lowest BCUT2D eigenvalue weighted by Gasteiger charge is -2.40. The third-order valence-electron chi connectivity index (χ3n) is 5.38. The maximum atomic E-state index is 12.8. The highest BCUT2D eigenvalue weighted by molar-refractivity contribution is 6.12. The molecule has 8 nitrogen and oxygen atoms in total. The number of aromatic nitrogens is 2. The zero-order chi connectivity index (χ0) is 22.6. The summed E-state index contributed by atoms with van der Waals surface area (Å²) < 4.78 is 38.5. The Labute approximate surface area is 178 Å². The van der Waals surface area contributed by atoms with Crippen molar-refractivity contribution >= 4 is 23.4 Å². The molecule has 0 radical (unpaired) electrons. The van der Waals surface area contributed by atoms with Crippen molar-refractivity contribution in [3.63, 3.8) is 0 Å². The number of halogens is 3. The fourth-order valence-electron chi connectivity index (χ4n) is 3.75. The van der Waals surface area contributed by atoms with E-state index in [2.05, 4.69) is 14.9 Å². The van der Waals surface area contributed by atoms with Gasteiger partial charge in [0.25, 0.3) is 0 Å². The number of hydrogen-bond donors (Lipinski definition) is 4. The maximum absolute atomic E-state index is 12.8. The second kappa shape index (κ2) is 9.31. The van der Waals surface area contributed by atoms with Gasteiger partial charge >= 0.3 is 6.18 Å². The summed E-state index contributed by atoms with van der Waals surface area (Å²) in [6.07, 6.45) is -0.614. The van der Waals surface area contributed by atoms with Gasteiger partial charge in [0.05, 0.1) is 11.1 Å². The minimum absolute atomic E-state index is 0.194. The van der Waals surface area contributed by atoms with Crippen LogP contribution in [0.3, 0.4) is 0 Å². The highest BCUT2D eigenvalue weighted by Crippen LogP contribution is 2.32. The van der Waals surface area contributed by atoms with Crippen LogP contribution in [0.4, 0.5) is 24.8 Å². The average Bonchev–Trinajstić information content (AvgIpc) is 2.76. The van der Waals surface area contributed by atoms with Gasteiger partial charge in [-0.15, -0.1) is 0 Å². The van der Waals surface area contributed by atoms with E-state index in [9.17, 15) is 13.2 Å². The first-order valence-electron chi connectivity index (χ1n) is 9.69. The van der Waals surface area contributed by atoms with Crippen molar-refractivity contribution in [2.24, 2.45) is 11.5 Å². The zero-order valence-corrected chi connectivity index (χ0v) is 16.8. The van der Waals surface area contributed by atoms with Crippen LogP contribution >= 0.6 is 0 Å². The molecular formula is C20H25F3N8. The van der Waals surface area contributed by atoms with E-state index in [-0.39, 0.29) is 18.4 Å². The molecule has 0 spiro atoms. The van der Waals surface area contributed by atoms with Crippen molar-refractivity contribution in [1.29, 1.82) is 5.41 Å². The lowest BCUT2D eigenvalue weighted by Crippen LogP contribution is -2.49. The van der Waals surface area contributed by atoms with E-state index in [0.29, 0.717) is 43.1 Å². The van der Waals surface area contributed by atoms with Crippen LogP contribution in [0, 0.1) is 5.41 Å². The fourth-order valence-corrected chi connectivity index (χ4v) is 3.75. The summed E-state index contributed by atoms with van der Waals surface area (Å²) in [6, 6.07) is 4.95. The molecule has 1 atom stereocenters. The van der Waals surface area contributed by atoms with Gasteiger partial charge in [0.15, 0.2) is 0 Å². The average molecular weight is 434 g/mol.